The fourth-order valence-corrected chi connectivity index (χ4v) is 2.18. The SMILES string of the molecule is CN(Cc1ccccc1F)C(=O)COC(=O)c1cccc(Cl)c1N. The summed E-state index contributed by atoms with van der Waals surface area (Å²) in [5.74, 6) is -1.62. The maximum atomic E-state index is 13.6. The zero-order chi connectivity index (χ0) is 17.7. The molecule has 0 aliphatic heterocycles. The first-order chi connectivity index (χ1) is 11.4. The minimum Gasteiger partial charge on any atom is -0.452 e. The molecule has 126 valence electrons. The van der Waals surface area contributed by atoms with E-state index in [1.807, 2.05) is 0 Å². The lowest BCUT2D eigenvalue weighted by molar-refractivity contribution is -0.133. The molecule has 24 heavy (non-hydrogen) atoms. The van der Waals surface area contributed by atoms with Gasteiger partial charge in [-0.25, -0.2) is 9.18 Å². The molecule has 0 bridgehead atoms. The number of carbonyl (C=O) groups is 2. The first-order valence-corrected chi connectivity index (χ1v) is 7.46. The molecule has 2 aromatic carbocycles. The number of ether oxygens (including phenoxy) is 1. The third kappa shape index (κ3) is 4.23. The average molecular weight is 351 g/mol. The third-order valence-electron chi connectivity index (χ3n) is 3.39. The molecule has 7 heteroatoms. The largest absolute Gasteiger partial charge is 0.452 e. The Morgan fingerprint density at radius 1 is 1.21 bits per heavy atom. The van der Waals surface area contributed by atoms with Gasteiger partial charge in [0.25, 0.3) is 5.91 Å². The van der Waals surface area contributed by atoms with Crippen LogP contribution in [-0.2, 0) is 16.1 Å². The van der Waals surface area contributed by atoms with E-state index in [-0.39, 0.29) is 22.8 Å². The summed E-state index contributed by atoms with van der Waals surface area (Å²) in [4.78, 5) is 25.3. The minimum absolute atomic E-state index is 0.0718. The van der Waals surface area contributed by atoms with Crippen molar-refractivity contribution < 1.29 is 18.7 Å². The number of esters is 1. The van der Waals surface area contributed by atoms with Crippen molar-refractivity contribution in [3.63, 3.8) is 0 Å². The summed E-state index contributed by atoms with van der Waals surface area (Å²) < 4.78 is 18.5. The topological polar surface area (TPSA) is 72.6 Å². The number of hydrogen-bond acceptors (Lipinski definition) is 4. The van der Waals surface area contributed by atoms with Gasteiger partial charge in [0.1, 0.15) is 5.82 Å². The number of amides is 1. The number of anilines is 1. The summed E-state index contributed by atoms with van der Waals surface area (Å²) >= 11 is 5.83. The van der Waals surface area contributed by atoms with Gasteiger partial charge < -0.3 is 15.4 Å². The molecule has 0 heterocycles. The Kier molecular flexibility index (Phi) is 5.76. The molecule has 0 radical (unpaired) electrons. The maximum Gasteiger partial charge on any atom is 0.340 e. The fourth-order valence-electron chi connectivity index (χ4n) is 2.00. The fraction of sp³-hybridized carbons (Fsp3) is 0.176. The molecule has 1 amide bonds. The highest BCUT2D eigenvalue weighted by molar-refractivity contribution is 6.33. The molecule has 0 aromatic heterocycles. The molecular formula is C17H16ClFN2O3. The van der Waals surface area contributed by atoms with Gasteiger partial charge in [0.15, 0.2) is 6.61 Å². The first kappa shape index (κ1) is 17.7. The number of hydrogen-bond donors (Lipinski definition) is 1. The van der Waals surface area contributed by atoms with Crippen LogP contribution in [-0.4, -0.2) is 30.4 Å². The van der Waals surface area contributed by atoms with Gasteiger partial charge in [-0.15, -0.1) is 0 Å². The number of nitrogens with zero attached hydrogens (tertiary/aromatic N) is 1. The van der Waals surface area contributed by atoms with E-state index < -0.39 is 24.3 Å². The number of carbonyl (C=O) groups excluding carboxylic acids is 2. The highest BCUT2D eigenvalue weighted by atomic mass is 35.5. The molecule has 0 fully saturated rings. The van der Waals surface area contributed by atoms with Crippen molar-refractivity contribution in [2.75, 3.05) is 19.4 Å². The van der Waals surface area contributed by atoms with Crippen molar-refractivity contribution in [3.05, 3.63) is 64.4 Å². The highest BCUT2D eigenvalue weighted by Gasteiger charge is 2.17. The van der Waals surface area contributed by atoms with Gasteiger partial charge in [0, 0.05) is 19.2 Å². The van der Waals surface area contributed by atoms with Crippen LogP contribution in [0.3, 0.4) is 0 Å². The summed E-state index contributed by atoms with van der Waals surface area (Å²) in [5.41, 5.74) is 6.26. The molecule has 2 aromatic rings. The van der Waals surface area contributed by atoms with E-state index in [1.165, 1.54) is 24.1 Å². The molecule has 0 spiro atoms. The summed E-state index contributed by atoms with van der Waals surface area (Å²) in [7, 11) is 1.50. The first-order valence-electron chi connectivity index (χ1n) is 7.08. The number of benzene rings is 2. The second kappa shape index (κ2) is 7.79. The van der Waals surface area contributed by atoms with Crippen LogP contribution < -0.4 is 5.73 Å². The van der Waals surface area contributed by atoms with Crippen LogP contribution in [0.5, 0.6) is 0 Å². The summed E-state index contributed by atoms with van der Waals surface area (Å²) in [6.45, 7) is -0.405. The Morgan fingerprint density at radius 3 is 2.62 bits per heavy atom. The van der Waals surface area contributed by atoms with Crippen molar-refractivity contribution in [1.82, 2.24) is 4.90 Å². The number of likely N-dealkylation sites (N-methyl/N-ethyl adjacent to an activating group) is 1. The molecule has 0 aliphatic carbocycles. The van der Waals surface area contributed by atoms with E-state index in [0.29, 0.717) is 5.56 Å². The molecule has 0 saturated carbocycles. The molecular weight excluding hydrogens is 335 g/mol. The Hall–Kier alpha value is -2.60. The van der Waals surface area contributed by atoms with Gasteiger partial charge in [0.05, 0.1) is 16.3 Å². The van der Waals surface area contributed by atoms with Gasteiger partial charge in [-0.3, -0.25) is 4.79 Å². The quantitative estimate of drug-likeness (QED) is 0.664. The lowest BCUT2D eigenvalue weighted by atomic mass is 10.2. The number of rotatable bonds is 5. The summed E-state index contributed by atoms with van der Waals surface area (Å²) in [6, 6.07) is 10.7. The lowest BCUT2D eigenvalue weighted by Crippen LogP contribution is -2.31. The summed E-state index contributed by atoms with van der Waals surface area (Å²) in [6.07, 6.45) is 0. The van der Waals surface area contributed by atoms with Crippen LogP contribution in [0.1, 0.15) is 15.9 Å². The Balaban J connectivity index is 1.94. The average Bonchev–Trinajstić information content (AvgIpc) is 2.56. The normalized spacial score (nSPS) is 10.3. The summed E-state index contributed by atoms with van der Waals surface area (Å²) in [5, 5.41) is 0.229. The monoisotopic (exact) mass is 350 g/mol. The minimum atomic E-state index is -0.748. The van der Waals surface area contributed by atoms with Gasteiger partial charge in [0.2, 0.25) is 0 Å². The van der Waals surface area contributed by atoms with E-state index in [9.17, 15) is 14.0 Å². The van der Waals surface area contributed by atoms with E-state index in [0.717, 1.165) is 0 Å². The van der Waals surface area contributed by atoms with Gasteiger partial charge in [-0.05, 0) is 18.2 Å². The van der Waals surface area contributed by atoms with E-state index in [4.69, 9.17) is 22.1 Å². The van der Waals surface area contributed by atoms with E-state index in [1.54, 1.807) is 30.3 Å². The molecule has 0 atom stereocenters. The predicted molar refractivity (Wildman–Crippen MR) is 89.0 cm³/mol. The van der Waals surface area contributed by atoms with Crippen LogP contribution in [0.15, 0.2) is 42.5 Å². The van der Waals surface area contributed by atoms with Crippen molar-refractivity contribution in [2.24, 2.45) is 0 Å². The van der Waals surface area contributed by atoms with Gasteiger partial charge >= 0.3 is 5.97 Å². The van der Waals surface area contributed by atoms with Gasteiger partial charge in [-0.2, -0.15) is 0 Å². The van der Waals surface area contributed by atoms with Crippen LogP contribution in [0.4, 0.5) is 10.1 Å². The molecule has 0 saturated heterocycles. The van der Waals surface area contributed by atoms with Crippen LogP contribution in [0.25, 0.3) is 0 Å². The second-order valence-corrected chi connectivity index (χ2v) is 5.53. The molecule has 2 rings (SSSR count). The molecule has 2 N–H and O–H groups in total. The number of halogens is 2. The smallest absolute Gasteiger partial charge is 0.340 e. The van der Waals surface area contributed by atoms with Gasteiger partial charge in [-0.1, -0.05) is 35.9 Å². The Morgan fingerprint density at radius 2 is 1.92 bits per heavy atom. The lowest BCUT2D eigenvalue weighted by Gasteiger charge is -2.17. The Bertz CT molecular complexity index is 767. The Labute approximate surface area is 143 Å². The van der Waals surface area contributed by atoms with Crippen LogP contribution in [0, 0.1) is 5.82 Å². The zero-order valence-corrected chi connectivity index (χ0v) is 13.7. The third-order valence-corrected chi connectivity index (χ3v) is 3.72. The van der Waals surface area contributed by atoms with Crippen molar-refractivity contribution in [2.45, 2.75) is 6.54 Å². The van der Waals surface area contributed by atoms with Crippen LogP contribution >= 0.6 is 11.6 Å². The number of nitrogen functional groups attached to an aromatic ring is 1. The van der Waals surface area contributed by atoms with Crippen molar-refractivity contribution in [1.29, 1.82) is 0 Å². The molecule has 5 nitrogen and oxygen atoms in total. The highest BCUT2D eigenvalue weighted by Crippen LogP contribution is 2.23. The maximum absolute atomic E-state index is 13.6. The standard InChI is InChI=1S/C17H16ClFN2O3/c1-21(9-11-5-2-3-8-14(11)19)15(22)10-24-17(23)12-6-4-7-13(18)16(12)20/h2-8H,9-10,20H2,1H3. The van der Waals surface area contributed by atoms with E-state index >= 15 is 0 Å². The van der Waals surface area contributed by atoms with Crippen molar-refractivity contribution >= 4 is 29.2 Å². The van der Waals surface area contributed by atoms with Crippen LogP contribution in [0.2, 0.25) is 5.02 Å². The number of nitrogens with two attached hydrogens (primary N) is 1. The second-order valence-electron chi connectivity index (χ2n) is 5.12. The molecule has 0 unspecified atom stereocenters. The predicted octanol–water partition coefficient (Wildman–Crippen LogP) is 2.88. The van der Waals surface area contributed by atoms with E-state index in [2.05, 4.69) is 0 Å². The number of para-hydroxylation sites is 1. The molecule has 0 aliphatic rings. The zero-order valence-electron chi connectivity index (χ0n) is 13.0. The van der Waals surface area contributed by atoms with Crippen molar-refractivity contribution in [3.8, 4) is 0 Å².